The number of nitrogens with zero attached hydrogens (tertiary/aromatic N) is 1. The largest absolute Gasteiger partial charge is 0.236 e. The summed E-state index contributed by atoms with van der Waals surface area (Å²) in [6.07, 6.45) is 1.42. The fourth-order valence-corrected chi connectivity index (χ4v) is 0.329. The van der Waals surface area contributed by atoms with E-state index in [0.29, 0.717) is 0 Å². The van der Waals surface area contributed by atoms with Gasteiger partial charge in [0.15, 0.2) is 0 Å². The van der Waals surface area contributed by atoms with Crippen LogP contribution in [0.25, 0.3) is 0 Å². The van der Waals surface area contributed by atoms with E-state index in [1.807, 2.05) is 0 Å². The molecule has 0 aliphatic carbocycles. The van der Waals surface area contributed by atoms with E-state index in [1.54, 1.807) is 6.92 Å². The highest BCUT2D eigenvalue weighted by atomic mass is 33.1. The summed E-state index contributed by atoms with van der Waals surface area (Å²) in [5.74, 6) is 0. The van der Waals surface area contributed by atoms with Crippen LogP contribution in [0.3, 0.4) is 0 Å². The lowest BCUT2D eigenvalue weighted by atomic mass is 10.8. The van der Waals surface area contributed by atoms with Crippen LogP contribution in [-0.2, 0) is 4.79 Å². The summed E-state index contributed by atoms with van der Waals surface area (Å²) >= 11 is 3.79. The average Bonchev–Trinajstić information content (AvgIpc) is 1.68. The van der Waals surface area contributed by atoms with Crippen molar-refractivity contribution in [1.82, 2.24) is 0 Å². The van der Waals surface area contributed by atoms with Crippen molar-refractivity contribution in [3.63, 3.8) is 0 Å². The zero-order chi connectivity index (χ0) is 5.70. The van der Waals surface area contributed by atoms with E-state index in [-0.39, 0.29) is 5.37 Å². The van der Waals surface area contributed by atoms with Gasteiger partial charge in [-0.1, -0.05) is 10.8 Å². The molecule has 0 rings (SSSR count). The van der Waals surface area contributed by atoms with Crippen molar-refractivity contribution in [3.8, 4) is 0 Å². The van der Waals surface area contributed by atoms with E-state index >= 15 is 0 Å². The molecule has 0 aromatic rings. The third-order valence-corrected chi connectivity index (χ3v) is 1.71. The Hall–Kier alpha value is 0.0800. The Morgan fingerprint density at radius 1 is 2.00 bits per heavy atom. The van der Waals surface area contributed by atoms with Crippen LogP contribution in [0.2, 0.25) is 0 Å². The standard InChI is InChI=1S/C3H5NOS2/c1-3(7-6)4-2-5/h3,6H,1H3. The van der Waals surface area contributed by atoms with Crippen molar-refractivity contribution < 1.29 is 4.79 Å². The lowest BCUT2D eigenvalue weighted by Gasteiger charge is -1.90. The fourth-order valence-electron chi connectivity index (χ4n) is 0.0978. The van der Waals surface area contributed by atoms with Gasteiger partial charge in [-0.25, -0.2) is 4.79 Å². The van der Waals surface area contributed by atoms with Crippen molar-refractivity contribution in [1.29, 1.82) is 0 Å². The maximum Gasteiger partial charge on any atom is 0.236 e. The van der Waals surface area contributed by atoms with E-state index in [1.165, 1.54) is 16.9 Å². The molecule has 40 valence electrons. The van der Waals surface area contributed by atoms with Gasteiger partial charge in [0.05, 0.1) is 0 Å². The minimum Gasteiger partial charge on any atom is -0.211 e. The highest BCUT2D eigenvalue weighted by molar-refractivity contribution is 8.68. The first-order valence-electron chi connectivity index (χ1n) is 1.68. The maximum absolute atomic E-state index is 9.44. The van der Waals surface area contributed by atoms with E-state index in [2.05, 4.69) is 16.7 Å². The third kappa shape index (κ3) is 3.92. The summed E-state index contributed by atoms with van der Waals surface area (Å²) in [6, 6.07) is 0. The maximum atomic E-state index is 9.44. The second-order valence-electron chi connectivity index (χ2n) is 0.925. The van der Waals surface area contributed by atoms with Gasteiger partial charge in [-0.2, -0.15) is 4.99 Å². The lowest BCUT2D eigenvalue weighted by molar-refractivity contribution is 0.563. The molecule has 0 radical (unpaired) electrons. The molecule has 0 aromatic carbocycles. The summed E-state index contributed by atoms with van der Waals surface area (Å²) in [4.78, 5) is 12.8. The first-order valence-corrected chi connectivity index (χ1v) is 3.61. The molecule has 0 aliphatic rings. The normalized spacial score (nSPS) is 12.3. The monoisotopic (exact) mass is 135 g/mol. The van der Waals surface area contributed by atoms with Gasteiger partial charge in [0.25, 0.3) is 0 Å². The van der Waals surface area contributed by atoms with Crippen molar-refractivity contribution >= 4 is 28.5 Å². The molecule has 0 heterocycles. The molecule has 0 fully saturated rings. The third-order valence-electron chi connectivity index (χ3n) is 0.387. The molecule has 0 aliphatic heterocycles. The summed E-state index contributed by atoms with van der Waals surface area (Å²) in [7, 11) is 1.21. The van der Waals surface area contributed by atoms with Crippen molar-refractivity contribution in [3.05, 3.63) is 0 Å². The van der Waals surface area contributed by atoms with Crippen LogP contribution in [0.4, 0.5) is 0 Å². The highest BCUT2D eigenvalue weighted by Gasteiger charge is 1.90. The topological polar surface area (TPSA) is 29.4 Å². The SMILES string of the molecule is CC(N=C=O)SS. The molecule has 0 saturated heterocycles. The second-order valence-corrected chi connectivity index (χ2v) is 2.45. The molecule has 2 nitrogen and oxygen atoms in total. The van der Waals surface area contributed by atoms with Crippen LogP contribution in [-0.4, -0.2) is 11.5 Å². The van der Waals surface area contributed by atoms with Crippen LogP contribution in [0.15, 0.2) is 4.99 Å². The summed E-state index contributed by atoms with van der Waals surface area (Å²) < 4.78 is 0. The number of hydrogen-bond donors (Lipinski definition) is 1. The Bertz CT molecular complexity index is 88.9. The fraction of sp³-hybridized carbons (Fsp3) is 0.667. The summed E-state index contributed by atoms with van der Waals surface area (Å²) in [5.41, 5.74) is 0. The van der Waals surface area contributed by atoms with Gasteiger partial charge >= 0.3 is 0 Å². The molecule has 1 unspecified atom stereocenters. The zero-order valence-corrected chi connectivity index (χ0v) is 5.50. The molecule has 0 aromatic heterocycles. The Morgan fingerprint density at radius 3 is 2.71 bits per heavy atom. The number of thiol groups is 1. The van der Waals surface area contributed by atoms with Gasteiger partial charge in [0, 0.05) is 0 Å². The Morgan fingerprint density at radius 2 is 2.57 bits per heavy atom. The van der Waals surface area contributed by atoms with E-state index in [0.717, 1.165) is 0 Å². The van der Waals surface area contributed by atoms with Gasteiger partial charge in [-0.3, -0.25) is 0 Å². The quantitative estimate of drug-likeness (QED) is 0.267. The Labute approximate surface area is 51.2 Å². The molecule has 1 atom stereocenters. The zero-order valence-electron chi connectivity index (χ0n) is 3.79. The van der Waals surface area contributed by atoms with Crippen molar-refractivity contribution in [2.24, 2.45) is 4.99 Å². The highest BCUT2D eigenvalue weighted by Crippen LogP contribution is 2.13. The van der Waals surface area contributed by atoms with E-state index < -0.39 is 0 Å². The average molecular weight is 135 g/mol. The molecule has 0 N–H and O–H groups in total. The Balaban J connectivity index is 3.35. The number of isocyanates is 1. The molecular formula is C3H5NOS2. The molecule has 4 heteroatoms. The molecule has 0 saturated carbocycles. The van der Waals surface area contributed by atoms with Crippen LogP contribution in [0, 0.1) is 0 Å². The smallest absolute Gasteiger partial charge is 0.211 e. The van der Waals surface area contributed by atoms with Crippen LogP contribution in [0.1, 0.15) is 6.92 Å². The van der Waals surface area contributed by atoms with Gasteiger partial charge in [-0.05, 0) is 6.92 Å². The minimum atomic E-state index is -0.0687. The van der Waals surface area contributed by atoms with Crippen LogP contribution >= 0.6 is 22.5 Å². The molecule has 0 amide bonds. The first-order chi connectivity index (χ1) is 3.31. The first kappa shape index (κ1) is 7.08. The predicted octanol–water partition coefficient (Wildman–Crippen LogP) is 1.25. The predicted molar refractivity (Wildman–Crippen MR) is 34.2 cm³/mol. The molecule has 7 heavy (non-hydrogen) atoms. The number of aliphatic imine (C=N–C) groups is 1. The molecular weight excluding hydrogens is 130 g/mol. The van der Waals surface area contributed by atoms with Crippen LogP contribution < -0.4 is 0 Å². The van der Waals surface area contributed by atoms with E-state index in [4.69, 9.17) is 0 Å². The molecule has 0 bridgehead atoms. The van der Waals surface area contributed by atoms with Gasteiger partial charge in [-0.15, -0.1) is 11.7 Å². The second kappa shape index (κ2) is 4.24. The van der Waals surface area contributed by atoms with Crippen LogP contribution in [0.5, 0.6) is 0 Å². The van der Waals surface area contributed by atoms with E-state index in [9.17, 15) is 4.79 Å². The lowest BCUT2D eigenvalue weighted by Crippen LogP contribution is -1.82. The summed E-state index contributed by atoms with van der Waals surface area (Å²) in [5, 5.41) is -0.0687. The minimum absolute atomic E-state index is 0.0687. The van der Waals surface area contributed by atoms with Gasteiger partial charge in [0.2, 0.25) is 6.08 Å². The number of carbonyl (C=O) groups excluding carboxylic acids is 1. The van der Waals surface area contributed by atoms with Crippen molar-refractivity contribution in [2.75, 3.05) is 0 Å². The van der Waals surface area contributed by atoms with Crippen molar-refractivity contribution in [2.45, 2.75) is 12.3 Å². The number of rotatable bonds is 2. The number of hydrogen-bond acceptors (Lipinski definition) is 4. The molecule has 0 spiro atoms. The van der Waals surface area contributed by atoms with Gasteiger partial charge < -0.3 is 0 Å². The summed E-state index contributed by atoms with van der Waals surface area (Å²) in [6.45, 7) is 1.77. The Kier molecular flexibility index (Phi) is 4.29. The van der Waals surface area contributed by atoms with Gasteiger partial charge in [0.1, 0.15) is 5.37 Å².